The predicted octanol–water partition coefficient (Wildman–Crippen LogP) is 4.53. The van der Waals surface area contributed by atoms with Crippen molar-refractivity contribution in [2.24, 2.45) is 5.92 Å². The maximum Gasteiger partial charge on any atom is 0.273 e. The summed E-state index contributed by atoms with van der Waals surface area (Å²) in [6.07, 6.45) is 1.12. The molecule has 1 aromatic heterocycles. The van der Waals surface area contributed by atoms with E-state index < -0.39 is 0 Å². The Balaban J connectivity index is 1.57. The van der Waals surface area contributed by atoms with Crippen LogP contribution in [-0.4, -0.2) is 28.4 Å². The molecule has 32 heavy (non-hydrogen) atoms. The maximum atomic E-state index is 12.9. The van der Waals surface area contributed by atoms with Crippen LogP contribution in [0.15, 0.2) is 65.2 Å². The molecular formula is C26H31N3O3. The zero-order valence-corrected chi connectivity index (χ0v) is 19.0. The summed E-state index contributed by atoms with van der Waals surface area (Å²) in [6.45, 7) is 7.49. The van der Waals surface area contributed by atoms with Gasteiger partial charge in [-0.1, -0.05) is 79.2 Å². The molecule has 2 amide bonds. The Bertz CT molecular complexity index is 1010. The first-order valence-electron chi connectivity index (χ1n) is 11.0. The Morgan fingerprint density at radius 3 is 2.44 bits per heavy atom. The molecule has 6 heteroatoms. The van der Waals surface area contributed by atoms with Crippen LogP contribution < -0.4 is 5.32 Å². The molecule has 0 fully saturated rings. The lowest BCUT2D eigenvalue weighted by atomic mass is 10.1. The fraction of sp³-hybridized carbons (Fsp3) is 0.346. The Morgan fingerprint density at radius 1 is 1.03 bits per heavy atom. The number of nitrogens with zero attached hydrogens (tertiary/aromatic N) is 2. The molecular weight excluding hydrogens is 402 g/mol. The van der Waals surface area contributed by atoms with Crippen molar-refractivity contribution in [3.8, 4) is 0 Å². The van der Waals surface area contributed by atoms with Crippen LogP contribution in [0.3, 0.4) is 0 Å². The van der Waals surface area contributed by atoms with E-state index in [0.717, 1.165) is 11.1 Å². The molecule has 0 aliphatic carbocycles. The number of hydrogen-bond acceptors (Lipinski definition) is 4. The van der Waals surface area contributed by atoms with Gasteiger partial charge in [0.2, 0.25) is 5.91 Å². The summed E-state index contributed by atoms with van der Waals surface area (Å²) in [5.74, 6) is 0.575. The van der Waals surface area contributed by atoms with Gasteiger partial charge in [-0.15, -0.1) is 0 Å². The standard InChI is InChI=1S/C26H31N3O3/c1-19(2)17-29(25(30)14-13-21-7-5-4-6-8-21)18-23-15-24(28-32-23)26(31)27-16-22-11-9-20(3)10-12-22/h4-12,15,19H,13-14,16-18H2,1-3H3,(H,27,31). The van der Waals surface area contributed by atoms with Gasteiger partial charge in [0.1, 0.15) is 0 Å². The summed E-state index contributed by atoms with van der Waals surface area (Å²) >= 11 is 0. The average molecular weight is 434 g/mol. The number of carbonyl (C=O) groups is 2. The summed E-state index contributed by atoms with van der Waals surface area (Å²) < 4.78 is 5.37. The molecule has 0 bridgehead atoms. The van der Waals surface area contributed by atoms with Gasteiger partial charge in [-0.3, -0.25) is 9.59 Å². The maximum absolute atomic E-state index is 12.9. The van der Waals surface area contributed by atoms with Crippen LogP contribution in [0.2, 0.25) is 0 Å². The van der Waals surface area contributed by atoms with Gasteiger partial charge in [0.15, 0.2) is 11.5 Å². The number of amides is 2. The monoisotopic (exact) mass is 433 g/mol. The highest BCUT2D eigenvalue weighted by atomic mass is 16.5. The van der Waals surface area contributed by atoms with E-state index in [1.807, 2.05) is 61.5 Å². The van der Waals surface area contributed by atoms with E-state index in [-0.39, 0.29) is 17.5 Å². The normalized spacial score (nSPS) is 10.9. The lowest BCUT2D eigenvalue weighted by Gasteiger charge is -2.23. The van der Waals surface area contributed by atoms with Crippen molar-refractivity contribution in [2.45, 2.75) is 46.7 Å². The van der Waals surface area contributed by atoms with Crippen LogP contribution >= 0.6 is 0 Å². The van der Waals surface area contributed by atoms with Crippen molar-refractivity contribution in [3.63, 3.8) is 0 Å². The quantitative estimate of drug-likeness (QED) is 0.510. The Morgan fingerprint density at radius 2 is 1.75 bits per heavy atom. The summed E-state index contributed by atoms with van der Waals surface area (Å²) in [5.41, 5.74) is 3.54. The minimum atomic E-state index is -0.300. The van der Waals surface area contributed by atoms with E-state index in [2.05, 4.69) is 24.3 Å². The van der Waals surface area contributed by atoms with E-state index >= 15 is 0 Å². The van der Waals surface area contributed by atoms with Crippen LogP contribution in [0.1, 0.15) is 53.2 Å². The molecule has 2 aromatic carbocycles. The van der Waals surface area contributed by atoms with Crippen molar-refractivity contribution < 1.29 is 14.1 Å². The zero-order valence-electron chi connectivity index (χ0n) is 19.0. The van der Waals surface area contributed by atoms with E-state index in [0.29, 0.717) is 44.2 Å². The van der Waals surface area contributed by atoms with E-state index in [1.165, 1.54) is 5.56 Å². The van der Waals surface area contributed by atoms with Gasteiger partial charge in [0.25, 0.3) is 5.91 Å². The number of nitrogens with one attached hydrogen (secondary N) is 1. The predicted molar refractivity (Wildman–Crippen MR) is 124 cm³/mol. The minimum Gasteiger partial charge on any atom is -0.359 e. The third-order valence-corrected chi connectivity index (χ3v) is 5.12. The Labute approximate surface area is 189 Å². The van der Waals surface area contributed by atoms with Gasteiger partial charge in [-0.05, 0) is 30.4 Å². The Kier molecular flexibility index (Phi) is 8.20. The van der Waals surface area contributed by atoms with Gasteiger partial charge in [-0.25, -0.2) is 0 Å². The molecule has 0 saturated heterocycles. The van der Waals surface area contributed by atoms with Gasteiger partial charge in [0.05, 0.1) is 6.54 Å². The van der Waals surface area contributed by atoms with Crippen molar-refractivity contribution in [1.29, 1.82) is 0 Å². The van der Waals surface area contributed by atoms with Gasteiger partial charge in [-0.2, -0.15) is 0 Å². The summed E-state index contributed by atoms with van der Waals surface area (Å²) in [4.78, 5) is 27.1. The highest BCUT2D eigenvalue weighted by molar-refractivity contribution is 5.92. The molecule has 0 aliphatic heterocycles. The summed E-state index contributed by atoms with van der Waals surface area (Å²) in [5, 5.41) is 6.76. The van der Waals surface area contributed by atoms with Gasteiger partial charge >= 0.3 is 0 Å². The van der Waals surface area contributed by atoms with Gasteiger partial charge in [0, 0.05) is 25.6 Å². The van der Waals surface area contributed by atoms with Crippen LogP contribution in [0.25, 0.3) is 0 Å². The second-order valence-electron chi connectivity index (χ2n) is 8.50. The molecule has 0 spiro atoms. The van der Waals surface area contributed by atoms with E-state index in [9.17, 15) is 9.59 Å². The molecule has 0 saturated carbocycles. The smallest absolute Gasteiger partial charge is 0.273 e. The molecule has 1 heterocycles. The van der Waals surface area contributed by atoms with Crippen molar-refractivity contribution >= 4 is 11.8 Å². The third-order valence-electron chi connectivity index (χ3n) is 5.12. The molecule has 0 radical (unpaired) electrons. The molecule has 3 aromatic rings. The number of carbonyl (C=O) groups excluding carboxylic acids is 2. The highest BCUT2D eigenvalue weighted by Gasteiger charge is 2.19. The lowest BCUT2D eigenvalue weighted by Crippen LogP contribution is -2.33. The summed E-state index contributed by atoms with van der Waals surface area (Å²) in [6, 6.07) is 19.6. The van der Waals surface area contributed by atoms with Gasteiger partial charge < -0.3 is 14.7 Å². The number of benzene rings is 2. The minimum absolute atomic E-state index is 0.0596. The van der Waals surface area contributed by atoms with Crippen LogP contribution in [0, 0.1) is 12.8 Å². The largest absolute Gasteiger partial charge is 0.359 e. The summed E-state index contributed by atoms with van der Waals surface area (Å²) in [7, 11) is 0. The number of hydrogen-bond donors (Lipinski definition) is 1. The molecule has 3 rings (SSSR count). The fourth-order valence-corrected chi connectivity index (χ4v) is 3.41. The fourth-order valence-electron chi connectivity index (χ4n) is 3.41. The molecule has 0 aliphatic rings. The SMILES string of the molecule is Cc1ccc(CNC(=O)c2cc(CN(CC(C)C)C(=O)CCc3ccccc3)on2)cc1. The second-order valence-corrected chi connectivity index (χ2v) is 8.50. The molecule has 1 N–H and O–H groups in total. The van der Waals surface area contributed by atoms with E-state index in [4.69, 9.17) is 4.52 Å². The highest BCUT2D eigenvalue weighted by Crippen LogP contribution is 2.13. The number of aryl methyl sites for hydroxylation is 2. The van der Waals surface area contributed by atoms with Crippen LogP contribution in [0.5, 0.6) is 0 Å². The number of aromatic nitrogens is 1. The average Bonchev–Trinajstić information content (AvgIpc) is 3.25. The van der Waals surface area contributed by atoms with Crippen molar-refractivity contribution in [1.82, 2.24) is 15.4 Å². The molecule has 168 valence electrons. The first kappa shape index (κ1) is 23.3. The van der Waals surface area contributed by atoms with E-state index in [1.54, 1.807) is 11.0 Å². The lowest BCUT2D eigenvalue weighted by molar-refractivity contribution is -0.132. The van der Waals surface area contributed by atoms with Crippen LogP contribution in [-0.2, 0) is 24.3 Å². The first-order valence-corrected chi connectivity index (χ1v) is 11.0. The topological polar surface area (TPSA) is 75.4 Å². The van der Waals surface area contributed by atoms with Crippen molar-refractivity contribution in [3.05, 3.63) is 88.8 Å². The first-order chi connectivity index (χ1) is 15.4. The van der Waals surface area contributed by atoms with Crippen LogP contribution in [0.4, 0.5) is 0 Å². The Hall–Kier alpha value is -3.41. The molecule has 0 unspecified atom stereocenters. The number of rotatable bonds is 10. The zero-order chi connectivity index (χ0) is 22.9. The molecule has 0 atom stereocenters. The third kappa shape index (κ3) is 7.08. The van der Waals surface area contributed by atoms with Crippen molar-refractivity contribution in [2.75, 3.05) is 6.54 Å². The second kappa shape index (κ2) is 11.3. The molecule has 6 nitrogen and oxygen atoms in total.